The van der Waals surface area contributed by atoms with Crippen LogP contribution in [0.2, 0.25) is 0 Å². The van der Waals surface area contributed by atoms with Gasteiger partial charge in [0.2, 0.25) is 5.91 Å². The molecule has 2 N–H and O–H groups in total. The van der Waals surface area contributed by atoms with Crippen molar-refractivity contribution in [3.8, 4) is 0 Å². The van der Waals surface area contributed by atoms with E-state index in [0.717, 1.165) is 12.0 Å². The number of carbonyl (C=O) groups excluding carboxylic acids is 1. The van der Waals surface area contributed by atoms with Crippen LogP contribution in [-0.2, 0) is 17.6 Å². The minimum Gasteiger partial charge on any atom is -0.387 e. The van der Waals surface area contributed by atoms with Crippen molar-refractivity contribution in [2.45, 2.75) is 37.7 Å². The van der Waals surface area contributed by atoms with Gasteiger partial charge in [0.25, 0.3) is 0 Å². The zero-order chi connectivity index (χ0) is 16.3. The Kier molecular flexibility index (Phi) is 4.49. The van der Waals surface area contributed by atoms with E-state index in [0.29, 0.717) is 19.4 Å². The van der Waals surface area contributed by atoms with Crippen LogP contribution in [-0.4, -0.2) is 23.2 Å². The minimum absolute atomic E-state index is 0.0110. The molecule has 23 heavy (non-hydrogen) atoms. The number of carbonyl (C=O) groups is 1. The molecular formula is C20H23NO2. The molecule has 120 valence electrons. The lowest BCUT2D eigenvalue weighted by Crippen LogP contribution is -2.45. The average molecular weight is 309 g/mol. The fourth-order valence-electron chi connectivity index (χ4n) is 3.43. The Hall–Kier alpha value is -2.13. The monoisotopic (exact) mass is 309 g/mol. The Morgan fingerprint density at radius 1 is 1.09 bits per heavy atom. The number of aliphatic hydroxyl groups is 1. The van der Waals surface area contributed by atoms with Gasteiger partial charge in [0.15, 0.2) is 0 Å². The zero-order valence-corrected chi connectivity index (χ0v) is 13.5. The predicted molar refractivity (Wildman–Crippen MR) is 91.3 cm³/mol. The lowest BCUT2D eigenvalue weighted by atomic mass is 9.94. The molecule has 3 heteroatoms. The predicted octanol–water partition coefficient (Wildman–Crippen LogP) is 2.83. The van der Waals surface area contributed by atoms with Gasteiger partial charge in [-0.05, 0) is 23.1 Å². The summed E-state index contributed by atoms with van der Waals surface area (Å²) in [5, 5.41) is 13.7. The number of hydrogen-bond donors (Lipinski definition) is 2. The molecule has 1 amide bonds. The van der Waals surface area contributed by atoms with Crippen molar-refractivity contribution in [2.75, 3.05) is 6.54 Å². The molecule has 3 nitrogen and oxygen atoms in total. The molecule has 1 atom stereocenters. The highest BCUT2D eigenvalue weighted by atomic mass is 16.3. The van der Waals surface area contributed by atoms with Gasteiger partial charge in [0.05, 0.1) is 11.5 Å². The summed E-state index contributed by atoms with van der Waals surface area (Å²) in [6, 6.07) is 17.9. The molecule has 0 spiro atoms. The van der Waals surface area contributed by atoms with Gasteiger partial charge in [-0.1, -0.05) is 61.5 Å². The van der Waals surface area contributed by atoms with Gasteiger partial charge in [-0.2, -0.15) is 0 Å². The summed E-state index contributed by atoms with van der Waals surface area (Å²) >= 11 is 0. The standard InChI is InChI=1S/C20H23NO2/c1-2-18(15-8-4-3-5-9-15)19(22)21-14-20(23)12-16-10-6-7-11-17(16)13-20/h3-11,18,23H,2,12-14H2,1H3,(H,21,22). The molecule has 0 bridgehead atoms. The van der Waals surface area contributed by atoms with Crippen LogP contribution in [0.5, 0.6) is 0 Å². The van der Waals surface area contributed by atoms with E-state index in [2.05, 4.69) is 5.32 Å². The van der Waals surface area contributed by atoms with Crippen LogP contribution < -0.4 is 5.32 Å². The molecule has 0 saturated carbocycles. The van der Waals surface area contributed by atoms with Gasteiger partial charge >= 0.3 is 0 Å². The summed E-state index contributed by atoms with van der Waals surface area (Å²) in [5.74, 6) is -0.174. The number of hydrogen-bond acceptors (Lipinski definition) is 2. The number of fused-ring (bicyclic) bond motifs is 1. The van der Waals surface area contributed by atoms with Crippen LogP contribution in [0.25, 0.3) is 0 Å². The molecule has 1 aliphatic carbocycles. The number of nitrogens with one attached hydrogen (secondary N) is 1. The Morgan fingerprint density at radius 3 is 2.22 bits per heavy atom. The SMILES string of the molecule is CCC(C(=O)NCC1(O)Cc2ccccc2C1)c1ccccc1. The molecule has 0 aliphatic heterocycles. The van der Waals surface area contributed by atoms with Crippen LogP contribution >= 0.6 is 0 Å². The first-order chi connectivity index (χ1) is 11.1. The van der Waals surface area contributed by atoms with Gasteiger partial charge in [-0.3, -0.25) is 4.79 Å². The molecule has 0 fully saturated rings. The first kappa shape index (κ1) is 15.8. The first-order valence-electron chi connectivity index (χ1n) is 8.23. The van der Waals surface area contributed by atoms with Gasteiger partial charge < -0.3 is 10.4 Å². The van der Waals surface area contributed by atoms with Crippen LogP contribution in [0.15, 0.2) is 54.6 Å². The van der Waals surface area contributed by atoms with Crippen molar-refractivity contribution in [3.05, 3.63) is 71.3 Å². The summed E-state index contributed by atoms with van der Waals surface area (Å²) in [7, 11) is 0. The quantitative estimate of drug-likeness (QED) is 0.892. The van der Waals surface area contributed by atoms with Crippen molar-refractivity contribution >= 4 is 5.91 Å². The largest absolute Gasteiger partial charge is 0.387 e. The topological polar surface area (TPSA) is 49.3 Å². The third kappa shape index (κ3) is 3.45. The molecule has 3 rings (SSSR count). The fourth-order valence-corrected chi connectivity index (χ4v) is 3.43. The van der Waals surface area contributed by atoms with Gasteiger partial charge in [-0.15, -0.1) is 0 Å². The zero-order valence-electron chi connectivity index (χ0n) is 13.5. The van der Waals surface area contributed by atoms with E-state index < -0.39 is 5.60 Å². The highest BCUT2D eigenvalue weighted by Crippen LogP contribution is 2.29. The van der Waals surface area contributed by atoms with Crippen molar-refractivity contribution in [2.24, 2.45) is 0 Å². The number of rotatable bonds is 5. The van der Waals surface area contributed by atoms with Crippen molar-refractivity contribution in [3.63, 3.8) is 0 Å². The second kappa shape index (κ2) is 6.55. The smallest absolute Gasteiger partial charge is 0.227 e. The Bertz CT molecular complexity index is 656. The molecule has 0 heterocycles. The molecule has 1 unspecified atom stereocenters. The van der Waals surface area contributed by atoms with Crippen molar-refractivity contribution in [1.29, 1.82) is 0 Å². The van der Waals surface area contributed by atoms with Crippen molar-refractivity contribution < 1.29 is 9.90 Å². The minimum atomic E-state index is -0.867. The number of amides is 1. The lowest BCUT2D eigenvalue weighted by molar-refractivity contribution is -0.123. The van der Waals surface area contributed by atoms with Crippen LogP contribution in [0.1, 0.15) is 36.0 Å². The highest BCUT2D eigenvalue weighted by molar-refractivity contribution is 5.83. The van der Waals surface area contributed by atoms with Crippen molar-refractivity contribution in [1.82, 2.24) is 5.32 Å². The van der Waals surface area contributed by atoms with E-state index in [9.17, 15) is 9.90 Å². The summed E-state index contributed by atoms with van der Waals surface area (Å²) in [4.78, 5) is 12.5. The van der Waals surface area contributed by atoms with Gasteiger partial charge in [0, 0.05) is 19.4 Å². The van der Waals surface area contributed by atoms with E-state index >= 15 is 0 Å². The van der Waals surface area contributed by atoms with E-state index in [1.165, 1.54) is 11.1 Å². The maximum atomic E-state index is 12.5. The summed E-state index contributed by atoms with van der Waals surface area (Å²) in [6.07, 6.45) is 1.95. The Balaban J connectivity index is 1.63. The molecule has 2 aromatic carbocycles. The summed E-state index contributed by atoms with van der Waals surface area (Å²) in [5.41, 5.74) is 2.52. The maximum absolute atomic E-state index is 12.5. The van der Waals surface area contributed by atoms with E-state index in [1.807, 2.05) is 61.5 Å². The second-order valence-corrected chi connectivity index (χ2v) is 6.44. The Labute approximate surface area is 137 Å². The second-order valence-electron chi connectivity index (χ2n) is 6.44. The third-order valence-corrected chi connectivity index (χ3v) is 4.68. The van der Waals surface area contributed by atoms with E-state index in [1.54, 1.807) is 0 Å². The first-order valence-corrected chi connectivity index (χ1v) is 8.23. The molecular weight excluding hydrogens is 286 g/mol. The molecule has 1 aliphatic rings. The van der Waals surface area contributed by atoms with Gasteiger partial charge in [-0.25, -0.2) is 0 Å². The fraction of sp³-hybridized carbons (Fsp3) is 0.350. The Morgan fingerprint density at radius 2 is 1.65 bits per heavy atom. The molecule has 2 aromatic rings. The van der Waals surface area contributed by atoms with Crippen LogP contribution in [0.3, 0.4) is 0 Å². The molecule has 0 saturated heterocycles. The van der Waals surface area contributed by atoms with E-state index in [4.69, 9.17) is 0 Å². The summed E-state index contributed by atoms with van der Waals surface area (Å²) < 4.78 is 0. The normalized spacial score (nSPS) is 16.6. The van der Waals surface area contributed by atoms with E-state index in [-0.39, 0.29) is 11.8 Å². The number of benzene rings is 2. The van der Waals surface area contributed by atoms with Crippen LogP contribution in [0, 0.1) is 0 Å². The highest BCUT2D eigenvalue weighted by Gasteiger charge is 2.35. The van der Waals surface area contributed by atoms with Gasteiger partial charge in [0.1, 0.15) is 0 Å². The average Bonchev–Trinajstić information content (AvgIpc) is 2.91. The molecule has 0 aromatic heterocycles. The third-order valence-electron chi connectivity index (χ3n) is 4.68. The summed E-state index contributed by atoms with van der Waals surface area (Å²) in [6.45, 7) is 2.31. The molecule has 0 radical (unpaired) electrons. The lowest BCUT2D eigenvalue weighted by Gasteiger charge is -2.24. The van der Waals surface area contributed by atoms with Crippen LogP contribution in [0.4, 0.5) is 0 Å². The maximum Gasteiger partial charge on any atom is 0.227 e.